The van der Waals surface area contributed by atoms with Crippen LogP contribution in [0, 0.1) is 0 Å². The second-order valence-corrected chi connectivity index (χ2v) is 4.55. The largest absolute Gasteiger partial charge is 0.334 e. The fraction of sp³-hybridized carbons (Fsp3) is 0.400. The third kappa shape index (κ3) is 5.15. The Hall–Kier alpha value is -1.61. The molecule has 0 saturated heterocycles. The topological polar surface area (TPSA) is 23.6 Å². The average Bonchev–Trinajstić information content (AvgIpc) is 2.35. The SMILES string of the molecule is CC=CC(=O)N(CCN(C)C)Cc1ccccc1. The van der Waals surface area contributed by atoms with E-state index in [0.29, 0.717) is 6.54 Å². The second-order valence-electron chi connectivity index (χ2n) is 4.55. The van der Waals surface area contributed by atoms with Gasteiger partial charge in [-0.2, -0.15) is 0 Å². The predicted molar refractivity (Wildman–Crippen MR) is 75.2 cm³/mol. The van der Waals surface area contributed by atoms with E-state index in [1.54, 1.807) is 12.2 Å². The minimum Gasteiger partial charge on any atom is -0.334 e. The molecule has 3 nitrogen and oxygen atoms in total. The van der Waals surface area contributed by atoms with Crippen LogP contribution in [0.2, 0.25) is 0 Å². The Morgan fingerprint density at radius 2 is 1.83 bits per heavy atom. The highest BCUT2D eigenvalue weighted by atomic mass is 16.2. The van der Waals surface area contributed by atoms with Gasteiger partial charge in [0.25, 0.3) is 0 Å². The zero-order valence-corrected chi connectivity index (χ0v) is 11.5. The van der Waals surface area contributed by atoms with Crippen molar-refractivity contribution >= 4 is 5.91 Å². The van der Waals surface area contributed by atoms with E-state index in [1.165, 1.54) is 0 Å². The van der Waals surface area contributed by atoms with Gasteiger partial charge in [0.15, 0.2) is 0 Å². The Balaban J connectivity index is 2.68. The maximum Gasteiger partial charge on any atom is 0.246 e. The van der Waals surface area contributed by atoms with Crippen LogP contribution in [0.15, 0.2) is 42.5 Å². The number of likely N-dealkylation sites (N-methyl/N-ethyl adjacent to an activating group) is 1. The van der Waals surface area contributed by atoms with Gasteiger partial charge in [-0.15, -0.1) is 0 Å². The van der Waals surface area contributed by atoms with Crippen LogP contribution in [-0.2, 0) is 11.3 Å². The van der Waals surface area contributed by atoms with Crippen LogP contribution in [0.25, 0.3) is 0 Å². The molecule has 0 spiro atoms. The van der Waals surface area contributed by atoms with E-state index < -0.39 is 0 Å². The molecule has 1 aromatic carbocycles. The van der Waals surface area contributed by atoms with Crippen LogP contribution in [0.3, 0.4) is 0 Å². The third-order valence-electron chi connectivity index (χ3n) is 2.65. The molecule has 0 radical (unpaired) electrons. The van der Waals surface area contributed by atoms with Gasteiger partial charge in [-0.3, -0.25) is 4.79 Å². The molecule has 0 aliphatic heterocycles. The van der Waals surface area contributed by atoms with Gasteiger partial charge in [0, 0.05) is 19.6 Å². The molecule has 3 heteroatoms. The fourth-order valence-corrected chi connectivity index (χ4v) is 1.64. The number of rotatable bonds is 6. The molecule has 1 aromatic rings. The molecular formula is C15H22N2O. The lowest BCUT2D eigenvalue weighted by molar-refractivity contribution is -0.126. The summed E-state index contributed by atoms with van der Waals surface area (Å²) in [6.45, 7) is 4.14. The Kier molecular flexibility index (Phi) is 6.15. The van der Waals surface area contributed by atoms with Gasteiger partial charge in [-0.05, 0) is 32.7 Å². The summed E-state index contributed by atoms with van der Waals surface area (Å²) in [5.41, 5.74) is 1.16. The summed E-state index contributed by atoms with van der Waals surface area (Å²) in [6, 6.07) is 10.1. The average molecular weight is 246 g/mol. The van der Waals surface area contributed by atoms with Gasteiger partial charge >= 0.3 is 0 Å². The van der Waals surface area contributed by atoms with Crippen LogP contribution in [0.4, 0.5) is 0 Å². The first-order valence-electron chi connectivity index (χ1n) is 6.23. The smallest absolute Gasteiger partial charge is 0.246 e. The molecule has 0 heterocycles. The molecule has 0 bridgehead atoms. The lowest BCUT2D eigenvalue weighted by atomic mass is 10.2. The van der Waals surface area contributed by atoms with Crippen molar-refractivity contribution in [2.45, 2.75) is 13.5 Å². The van der Waals surface area contributed by atoms with E-state index >= 15 is 0 Å². The molecule has 0 aliphatic carbocycles. The molecule has 98 valence electrons. The lowest BCUT2D eigenvalue weighted by Crippen LogP contribution is -2.35. The zero-order chi connectivity index (χ0) is 13.4. The molecule has 0 unspecified atom stereocenters. The molecule has 0 N–H and O–H groups in total. The van der Waals surface area contributed by atoms with Crippen molar-refractivity contribution in [2.24, 2.45) is 0 Å². The molecule has 0 saturated carbocycles. The van der Waals surface area contributed by atoms with Gasteiger partial charge in [-0.1, -0.05) is 36.4 Å². The van der Waals surface area contributed by atoms with Crippen LogP contribution >= 0.6 is 0 Å². The van der Waals surface area contributed by atoms with Crippen molar-refractivity contribution in [1.82, 2.24) is 9.80 Å². The molecular weight excluding hydrogens is 224 g/mol. The summed E-state index contributed by atoms with van der Waals surface area (Å²) in [6.07, 6.45) is 3.41. The maximum atomic E-state index is 12.0. The van der Waals surface area contributed by atoms with Gasteiger partial charge in [0.2, 0.25) is 5.91 Å². The van der Waals surface area contributed by atoms with Crippen LogP contribution in [0.1, 0.15) is 12.5 Å². The molecule has 0 aliphatic rings. The Morgan fingerprint density at radius 3 is 2.39 bits per heavy atom. The van der Waals surface area contributed by atoms with Crippen molar-refractivity contribution in [3.05, 3.63) is 48.0 Å². The number of amides is 1. The number of carbonyl (C=O) groups is 1. The Morgan fingerprint density at radius 1 is 1.17 bits per heavy atom. The first-order chi connectivity index (χ1) is 8.63. The quantitative estimate of drug-likeness (QED) is 0.718. The molecule has 18 heavy (non-hydrogen) atoms. The molecule has 0 atom stereocenters. The van der Waals surface area contributed by atoms with E-state index in [9.17, 15) is 4.79 Å². The number of hydrogen-bond donors (Lipinski definition) is 0. The first kappa shape index (κ1) is 14.5. The van der Waals surface area contributed by atoms with E-state index in [0.717, 1.165) is 18.7 Å². The van der Waals surface area contributed by atoms with Crippen molar-refractivity contribution in [1.29, 1.82) is 0 Å². The Labute approximate surface area is 110 Å². The minimum atomic E-state index is 0.0724. The van der Waals surface area contributed by atoms with E-state index in [2.05, 4.69) is 4.90 Å². The third-order valence-corrected chi connectivity index (χ3v) is 2.65. The standard InChI is InChI=1S/C15H22N2O/c1-4-8-15(18)17(12-11-16(2)3)13-14-9-6-5-7-10-14/h4-10H,11-13H2,1-3H3. The van der Waals surface area contributed by atoms with Crippen molar-refractivity contribution in [2.75, 3.05) is 27.2 Å². The number of hydrogen-bond acceptors (Lipinski definition) is 2. The molecule has 1 amide bonds. The monoisotopic (exact) mass is 246 g/mol. The molecule has 0 aromatic heterocycles. The van der Waals surface area contributed by atoms with E-state index in [-0.39, 0.29) is 5.91 Å². The summed E-state index contributed by atoms with van der Waals surface area (Å²) >= 11 is 0. The summed E-state index contributed by atoms with van der Waals surface area (Å²) in [4.78, 5) is 15.9. The van der Waals surface area contributed by atoms with Crippen molar-refractivity contribution in [3.63, 3.8) is 0 Å². The first-order valence-corrected chi connectivity index (χ1v) is 6.23. The van der Waals surface area contributed by atoms with Gasteiger partial charge in [0.1, 0.15) is 0 Å². The number of allylic oxidation sites excluding steroid dienone is 1. The Bertz CT molecular complexity index is 385. The van der Waals surface area contributed by atoms with Gasteiger partial charge < -0.3 is 9.80 Å². The fourth-order valence-electron chi connectivity index (χ4n) is 1.64. The predicted octanol–water partition coefficient (Wildman–Crippen LogP) is 2.15. The summed E-state index contributed by atoms with van der Waals surface area (Å²) in [5.74, 6) is 0.0724. The maximum absolute atomic E-state index is 12.0. The highest BCUT2D eigenvalue weighted by molar-refractivity contribution is 5.87. The van der Waals surface area contributed by atoms with E-state index in [1.807, 2.05) is 56.3 Å². The molecule has 0 fully saturated rings. The highest BCUT2D eigenvalue weighted by Gasteiger charge is 2.10. The summed E-state index contributed by atoms with van der Waals surface area (Å²) in [7, 11) is 4.03. The summed E-state index contributed by atoms with van der Waals surface area (Å²) < 4.78 is 0. The normalized spacial score (nSPS) is 11.1. The van der Waals surface area contributed by atoms with Crippen LogP contribution in [-0.4, -0.2) is 42.9 Å². The van der Waals surface area contributed by atoms with Crippen molar-refractivity contribution < 1.29 is 4.79 Å². The lowest BCUT2D eigenvalue weighted by Gasteiger charge is -2.23. The zero-order valence-electron chi connectivity index (χ0n) is 11.5. The second kappa shape index (κ2) is 7.67. The van der Waals surface area contributed by atoms with E-state index in [4.69, 9.17) is 0 Å². The van der Waals surface area contributed by atoms with Crippen molar-refractivity contribution in [3.8, 4) is 0 Å². The number of benzene rings is 1. The van der Waals surface area contributed by atoms with Crippen LogP contribution < -0.4 is 0 Å². The molecule has 1 rings (SSSR count). The van der Waals surface area contributed by atoms with Gasteiger partial charge in [-0.25, -0.2) is 0 Å². The number of carbonyl (C=O) groups excluding carboxylic acids is 1. The number of nitrogens with zero attached hydrogens (tertiary/aromatic N) is 2. The van der Waals surface area contributed by atoms with Crippen LogP contribution in [0.5, 0.6) is 0 Å². The summed E-state index contributed by atoms with van der Waals surface area (Å²) in [5, 5.41) is 0. The highest BCUT2D eigenvalue weighted by Crippen LogP contribution is 2.05. The van der Waals surface area contributed by atoms with Gasteiger partial charge in [0.05, 0.1) is 0 Å². The minimum absolute atomic E-state index is 0.0724.